The lowest BCUT2D eigenvalue weighted by molar-refractivity contribution is 0.0261. The number of ether oxygens (including phenoxy) is 1. The average molecular weight is 214 g/mol. The van der Waals surface area contributed by atoms with E-state index < -0.39 is 0 Å². The second kappa shape index (κ2) is 6.46. The zero-order valence-electron chi connectivity index (χ0n) is 10.6. The van der Waals surface area contributed by atoms with Gasteiger partial charge in [0.2, 0.25) is 0 Å². The highest BCUT2D eigenvalue weighted by Crippen LogP contribution is 2.16. The molecule has 0 radical (unpaired) electrons. The lowest BCUT2D eigenvalue weighted by Gasteiger charge is -2.38. The van der Waals surface area contributed by atoms with Crippen molar-refractivity contribution in [2.24, 2.45) is 0 Å². The highest BCUT2D eigenvalue weighted by molar-refractivity contribution is 4.81. The van der Waals surface area contributed by atoms with Gasteiger partial charge in [0.25, 0.3) is 0 Å². The van der Waals surface area contributed by atoms with Gasteiger partial charge in [-0.25, -0.2) is 0 Å². The summed E-state index contributed by atoms with van der Waals surface area (Å²) in [6, 6.07) is 1.85. The minimum absolute atomic E-state index is 0.558. The topological polar surface area (TPSA) is 24.5 Å². The maximum atomic E-state index is 5.40. The average Bonchev–Trinajstić information content (AvgIpc) is 2.28. The Hall–Kier alpha value is -0.120. The number of nitrogens with one attached hydrogen (secondary N) is 1. The van der Waals surface area contributed by atoms with Gasteiger partial charge >= 0.3 is 0 Å². The van der Waals surface area contributed by atoms with Crippen molar-refractivity contribution < 1.29 is 4.74 Å². The van der Waals surface area contributed by atoms with Gasteiger partial charge in [0.05, 0.1) is 0 Å². The standard InChI is InChI=1S/C12H26N2O/c1-5-13-10(2)11(3)14(4)12-6-8-15-9-7-12/h10-13H,5-9H2,1-4H3. The molecule has 1 saturated heterocycles. The van der Waals surface area contributed by atoms with E-state index in [2.05, 4.69) is 38.0 Å². The number of hydrogen-bond donors (Lipinski definition) is 1. The van der Waals surface area contributed by atoms with Gasteiger partial charge in [-0.05, 0) is 40.3 Å². The van der Waals surface area contributed by atoms with E-state index in [1.165, 1.54) is 12.8 Å². The van der Waals surface area contributed by atoms with Crippen LogP contribution in [0.3, 0.4) is 0 Å². The van der Waals surface area contributed by atoms with Crippen LogP contribution in [0.15, 0.2) is 0 Å². The van der Waals surface area contributed by atoms with Crippen LogP contribution in [0.1, 0.15) is 33.6 Å². The molecule has 2 atom stereocenters. The van der Waals surface area contributed by atoms with Crippen molar-refractivity contribution in [3.63, 3.8) is 0 Å². The maximum absolute atomic E-state index is 5.40. The van der Waals surface area contributed by atoms with E-state index in [1.54, 1.807) is 0 Å². The maximum Gasteiger partial charge on any atom is 0.0480 e. The first kappa shape index (κ1) is 12.9. The van der Waals surface area contributed by atoms with Crippen LogP contribution in [-0.2, 0) is 4.74 Å². The summed E-state index contributed by atoms with van der Waals surface area (Å²) in [7, 11) is 2.24. The fourth-order valence-electron chi connectivity index (χ4n) is 2.27. The molecule has 0 aromatic heterocycles. The van der Waals surface area contributed by atoms with Crippen LogP contribution in [0.4, 0.5) is 0 Å². The minimum Gasteiger partial charge on any atom is -0.381 e. The Balaban J connectivity index is 2.39. The summed E-state index contributed by atoms with van der Waals surface area (Å²) in [5, 5.41) is 3.49. The molecular weight excluding hydrogens is 188 g/mol. The summed E-state index contributed by atoms with van der Waals surface area (Å²) < 4.78 is 5.40. The van der Waals surface area contributed by atoms with Crippen molar-refractivity contribution in [1.29, 1.82) is 0 Å². The lowest BCUT2D eigenvalue weighted by atomic mass is 10.0. The summed E-state index contributed by atoms with van der Waals surface area (Å²) in [6.07, 6.45) is 2.36. The highest BCUT2D eigenvalue weighted by atomic mass is 16.5. The van der Waals surface area contributed by atoms with Gasteiger partial charge in [0.1, 0.15) is 0 Å². The van der Waals surface area contributed by atoms with E-state index in [1.807, 2.05) is 0 Å². The number of rotatable bonds is 5. The normalized spacial score (nSPS) is 23.0. The van der Waals surface area contributed by atoms with Crippen molar-refractivity contribution in [2.45, 2.75) is 51.7 Å². The van der Waals surface area contributed by atoms with Gasteiger partial charge in [-0.3, -0.25) is 4.90 Å². The monoisotopic (exact) mass is 214 g/mol. The van der Waals surface area contributed by atoms with E-state index in [0.717, 1.165) is 19.8 Å². The molecule has 1 rings (SSSR count). The molecule has 0 aliphatic carbocycles. The molecule has 2 unspecified atom stereocenters. The summed E-state index contributed by atoms with van der Waals surface area (Å²) >= 11 is 0. The van der Waals surface area contributed by atoms with Crippen LogP contribution in [-0.4, -0.2) is 49.8 Å². The third kappa shape index (κ3) is 3.74. The Morgan fingerprint density at radius 3 is 2.47 bits per heavy atom. The summed E-state index contributed by atoms with van der Waals surface area (Å²) in [4.78, 5) is 2.51. The largest absolute Gasteiger partial charge is 0.381 e. The lowest BCUT2D eigenvalue weighted by Crippen LogP contribution is -2.50. The van der Waals surface area contributed by atoms with Crippen molar-refractivity contribution in [2.75, 3.05) is 26.8 Å². The second-order valence-corrected chi connectivity index (χ2v) is 4.60. The molecule has 0 spiro atoms. The predicted octanol–water partition coefficient (Wildman–Crippen LogP) is 1.48. The number of likely N-dealkylation sites (N-methyl/N-ethyl adjacent to an activating group) is 2. The highest BCUT2D eigenvalue weighted by Gasteiger charge is 2.24. The van der Waals surface area contributed by atoms with Crippen LogP contribution >= 0.6 is 0 Å². The minimum atomic E-state index is 0.558. The van der Waals surface area contributed by atoms with Gasteiger partial charge in [-0.15, -0.1) is 0 Å². The molecule has 0 aromatic rings. The van der Waals surface area contributed by atoms with Gasteiger partial charge in [-0.1, -0.05) is 6.92 Å². The van der Waals surface area contributed by atoms with Crippen LogP contribution in [0, 0.1) is 0 Å². The van der Waals surface area contributed by atoms with Gasteiger partial charge in [0.15, 0.2) is 0 Å². The van der Waals surface area contributed by atoms with Crippen LogP contribution in [0.2, 0.25) is 0 Å². The third-order valence-corrected chi connectivity index (χ3v) is 3.66. The second-order valence-electron chi connectivity index (χ2n) is 4.60. The van der Waals surface area contributed by atoms with Crippen molar-refractivity contribution >= 4 is 0 Å². The quantitative estimate of drug-likeness (QED) is 0.750. The van der Waals surface area contributed by atoms with E-state index in [4.69, 9.17) is 4.74 Å². The molecule has 3 nitrogen and oxygen atoms in total. The smallest absolute Gasteiger partial charge is 0.0480 e. The number of hydrogen-bond acceptors (Lipinski definition) is 3. The van der Waals surface area contributed by atoms with Gasteiger partial charge < -0.3 is 10.1 Å². The van der Waals surface area contributed by atoms with Crippen LogP contribution in [0.25, 0.3) is 0 Å². The zero-order chi connectivity index (χ0) is 11.3. The molecule has 0 bridgehead atoms. The molecule has 1 N–H and O–H groups in total. The molecule has 1 aliphatic rings. The molecule has 0 saturated carbocycles. The van der Waals surface area contributed by atoms with E-state index in [9.17, 15) is 0 Å². The Morgan fingerprint density at radius 2 is 1.93 bits per heavy atom. The van der Waals surface area contributed by atoms with Crippen molar-refractivity contribution in [3.05, 3.63) is 0 Å². The van der Waals surface area contributed by atoms with Gasteiger partial charge in [-0.2, -0.15) is 0 Å². The molecule has 90 valence electrons. The summed E-state index contributed by atoms with van der Waals surface area (Å²) in [5.74, 6) is 0. The Kier molecular flexibility index (Phi) is 5.58. The Morgan fingerprint density at radius 1 is 1.33 bits per heavy atom. The molecule has 1 heterocycles. The summed E-state index contributed by atoms with van der Waals surface area (Å²) in [5.41, 5.74) is 0. The van der Waals surface area contributed by atoms with E-state index in [-0.39, 0.29) is 0 Å². The molecule has 15 heavy (non-hydrogen) atoms. The van der Waals surface area contributed by atoms with E-state index in [0.29, 0.717) is 18.1 Å². The van der Waals surface area contributed by atoms with Gasteiger partial charge in [0, 0.05) is 31.3 Å². The molecule has 3 heteroatoms. The SMILES string of the molecule is CCNC(C)C(C)N(C)C1CCOCC1. The fraction of sp³-hybridized carbons (Fsp3) is 1.00. The molecule has 1 fully saturated rings. The van der Waals surface area contributed by atoms with Crippen molar-refractivity contribution in [3.8, 4) is 0 Å². The van der Waals surface area contributed by atoms with Crippen molar-refractivity contribution in [1.82, 2.24) is 10.2 Å². The summed E-state index contributed by atoms with van der Waals surface area (Å²) in [6.45, 7) is 9.65. The molecular formula is C12H26N2O. The van der Waals surface area contributed by atoms with Crippen LogP contribution in [0.5, 0.6) is 0 Å². The molecule has 0 amide bonds. The molecule has 1 aliphatic heterocycles. The zero-order valence-corrected chi connectivity index (χ0v) is 10.6. The number of nitrogens with zero attached hydrogens (tertiary/aromatic N) is 1. The first-order chi connectivity index (χ1) is 7.16. The third-order valence-electron chi connectivity index (χ3n) is 3.66. The fourth-order valence-corrected chi connectivity index (χ4v) is 2.27. The Bertz CT molecular complexity index is 169. The first-order valence-corrected chi connectivity index (χ1v) is 6.19. The van der Waals surface area contributed by atoms with Crippen LogP contribution < -0.4 is 5.32 Å². The first-order valence-electron chi connectivity index (χ1n) is 6.19. The predicted molar refractivity (Wildman–Crippen MR) is 64.2 cm³/mol. The van der Waals surface area contributed by atoms with E-state index >= 15 is 0 Å². The Labute approximate surface area is 94.2 Å². The molecule has 0 aromatic carbocycles.